The molecule has 0 spiro atoms. The maximum Gasteiger partial charge on any atom is 0.417 e. The van der Waals surface area contributed by atoms with Gasteiger partial charge in [-0.05, 0) is 58.5 Å². The van der Waals surface area contributed by atoms with Crippen molar-refractivity contribution in [3.8, 4) is 33.4 Å². The van der Waals surface area contributed by atoms with Gasteiger partial charge in [-0.25, -0.2) is 0 Å². The lowest BCUT2D eigenvalue weighted by molar-refractivity contribution is -0.137. The summed E-state index contributed by atoms with van der Waals surface area (Å²) in [5.41, 5.74) is 5.35. The summed E-state index contributed by atoms with van der Waals surface area (Å²) < 4.78 is 40.3. The van der Waals surface area contributed by atoms with Gasteiger partial charge in [0.2, 0.25) is 0 Å². The van der Waals surface area contributed by atoms with Crippen molar-refractivity contribution in [1.29, 1.82) is 0 Å². The standard InChI is InChI=1S/C26H19F3/c1-18-7-4-8-19(15-18)20-9-5-10-21(16-20)22-11-6-12-23(17-22)24-13-2-3-14-25(24)26(27,28)29/h2-17H,1H3. The van der Waals surface area contributed by atoms with Crippen LogP contribution in [0.5, 0.6) is 0 Å². The number of benzene rings is 4. The number of hydrogen-bond donors (Lipinski definition) is 0. The zero-order valence-electron chi connectivity index (χ0n) is 15.9. The molecular formula is C26H19F3. The van der Waals surface area contributed by atoms with E-state index in [-0.39, 0.29) is 5.56 Å². The molecule has 0 aromatic heterocycles. The molecular weight excluding hydrogens is 369 g/mol. The second-order valence-electron chi connectivity index (χ2n) is 7.07. The molecule has 0 saturated carbocycles. The quantitative estimate of drug-likeness (QED) is 0.333. The van der Waals surface area contributed by atoms with Crippen LogP contribution in [0.2, 0.25) is 0 Å². The zero-order valence-corrected chi connectivity index (χ0v) is 15.9. The lowest BCUT2D eigenvalue weighted by Gasteiger charge is -2.14. The van der Waals surface area contributed by atoms with Crippen molar-refractivity contribution >= 4 is 0 Å². The Kier molecular flexibility index (Phi) is 4.98. The van der Waals surface area contributed by atoms with Crippen molar-refractivity contribution in [1.82, 2.24) is 0 Å². The van der Waals surface area contributed by atoms with Crippen molar-refractivity contribution in [3.63, 3.8) is 0 Å². The minimum Gasteiger partial charge on any atom is -0.166 e. The molecule has 0 radical (unpaired) electrons. The summed E-state index contributed by atoms with van der Waals surface area (Å²) in [6, 6.07) is 29.3. The largest absolute Gasteiger partial charge is 0.417 e. The molecule has 0 bridgehead atoms. The monoisotopic (exact) mass is 388 g/mol. The number of rotatable bonds is 3. The number of alkyl halides is 3. The molecule has 0 amide bonds. The van der Waals surface area contributed by atoms with E-state index in [0.717, 1.165) is 28.3 Å². The normalized spacial score (nSPS) is 11.4. The topological polar surface area (TPSA) is 0 Å². The predicted octanol–water partition coefficient (Wildman–Crippen LogP) is 8.01. The molecule has 0 aliphatic carbocycles. The highest BCUT2D eigenvalue weighted by molar-refractivity contribution is 5.78. The van der Waals surface area contributed by atoms with E-state index in [1.54, 1.807) is 18.2 Å². The van der Waals surface area contributed by atoms with Crippen LogP contribution in [0, 0.1) is 6.92 Å². The first-order valence-corrected chi connectivity index (χ1v) is 9.36. The fourth-order valence-corrected chi connectivity index (χ4v) is 3.55. The van der Waals surface area contributed by atoms with Crippen molar-refractivity contribution in [3.05, 3.63) is 108 Å². The third-order valence-electron chi connectivity index (χ3n) is 4.95. The molecule has 0 aliphatic heterocycles. The van der Waals surface area contributed by atoms with Crippen molar-refractivity contribution < 1.29 is 13.2 Å². The molecule has 4 aromatic rings. The fourth-order valence-electron chi connectivity index (χ4n) is 3.55. The van der Waals surface area contributed by atoms with E-state index in [2.05, 4.69) is 31.2 Å². The highest BCUT2D eigenvalue weighted by Gasteiger charge is 2.33. The minimum absolute atomic E-state index is 0.191. The van der Waals surface area contributed by atoms with Crippen LogP contribution in [0.15, 0.2) is 97.1 Å². The van der Waals surface area contributed by atoms with Crippen molar-refractivity contribution in [2.24, 2.45) is 0 Å². The fraction of sp³-hybridized carbons (Fsp3) is 0.0769. The van der Waals surface area contributed by atoms with Crippen LogP contribution in [-0.2, 0) is 6.18 Å². The lowest BCUT2D eigenvalue weighted by Crippen LogP contribution is -2.06. The molecule has 4 rings (SSSR count). The van der Waals surface area contributed by atoms with E-state index < -0.39 is 11.7 Å². The Morgan fingerprint density at radius 2 is 1.00 bits per heavy atom. The molecule has 3 heteroatoms. The van der Waals surface area contributed by atoms with Crippen molar-refractivity contribution in [2.45, 2.75) is 13.1 Å². The molecule has 4 aromatic carbocycles. The summed E-state index contributed by atoms with van der Waals surface area (Å²) in [6.07, 6.45) is -4.39. The number of aryl methyl sites for hydroxylation is 1. The molecule has 0 N–H and O–H groups in total. The molecule has 0 saturated heterocycles. The summed E-state index contributed by atoms with van der Waals surface area (Å²) in [4.78, 5) is 0. The molecule has 144 valence electrons. The highest BCUT2D eigenvalue weighted by Crippen LogP contribution is 2.38. The van der Waals surface area contributed by atoms with Gasteiger partial charge in [0, 0.05) is 0 Å². The van der Waals surface area contributed by atoms with Gasteiger partial charge in [0.1, 0.15) is 0 Å². The molecule has 0 unspecified atom stereocenters. The smallest absolute Gasteiger partial charge is 0.166 e. The van der Waals surface area contributed by atoms with Gasteiger partial charge < -0.3 is 0 Å². The summed E-state index contributed by atoms with van der Waals surface area (Å²) in [7, 11) is 0. The van der Waals surface area contributed by atoms with Gasteiger partial charge in [-0.15, -0.1) is 0 Å². The van der Waals surface area contributed by atoms with E-state index >= 15 is 0 Å². The second kappa shape index (κ2) is 7.59. The Balaban J connectivity index is 1.77. The second-order valence-corrected chi connectivity index (χ2v) is 7.07. The molecule has 0 heterocycles. The van der Waals surface area contributed by atoms with E-state index in [4.69, 9.17) is 0 Å². The average Bonchev–Trinajstić information content (AvgIpc) is 2.73. The van der Waals surface area contributed by atoms with Crippen LogP contribution < -0.4 is 0 Å². The van der Waals surface area contributed by atoms with Crippen LogP contribution in [0.3, 0.4) is 0 Å². The van der Waals surface area contributed by atoms with Crippen molar-refractivity contribution in [2.75, 3.05) is 0 Å². The van der Waals surface area contributed by atoms with Gasteiger partial charge in [0.25, 0.3) is 0 Å². The van der Waals surface area contributed by atoms with Gasteiger partial charge in [-0.1, -0.05) is 84.4 Å². The van der Waals surface area contributed by atoms with Gasteiger partial charge in [-0.2, -0.15) is 13.2 Å². The van der Waals surface area contributed by atoms with Gasteiger partial charge in [0.15, 0.2) is 0 Å². The van der Waals surface area contributed by atoms with E-state index in [1.807, 2.05) is 36.4 Å². The van der Waals surface area contributed by atoms with Gasteiger partial charge >= 0.3 is 6.18 Å². The predicted molar refractivity (Wildman–Crippen MR) is 112 cm³/mol. The molecule has 0 nitrogen and oxygen atoms in total. The van der Waals surface area contributed by atoms with E-state index in [0.29, 0.717) is 5.56 Å². The summed E-state index contributed by atoms with van der Waals surface area (Å²) >= 11 is 0. The molecule has 0 atom stereocenters. The van der Waals surface area contributed by atoms with E-state index in [9.17, 15) is 13.2 Å². The number of hydrogen-bond acceptors (Lipinski definition) is 0. The first-order valence-electron chi connectivity index (χ1n) is 9.36. The Bertz CT molecular complexity index is 1160. The third-order valence-corrected chi connectivity index (χ3v) is 4.95. The first-order chi connectivity index (χ1) is 13.9. The number of halogens is 3. The Morgan fingerprint density at radius 1 is 0.517 bits per heavy atom. The Labute approximate surface area is 168 Å². The summed E-state index contributed by atoms with van der Waals surface area (Å²) in [5, 5.41) is 0. The zero-order chi connectivity index (χ0) is 20.4. The Hall–Kier alpha value is -3.33. The molecule has 29 heavy (non-hydrogen) atoms. The maximum absolute atomic E-state index is 13.4. The van der Waals surface area contributed by atoms with Crippen LogP contribution >= 0.6 is 0 Å². The van der Waals surface area contributed by atoms with E-state index in [1.165, 1.54) is 17.7 Å². The SMILES string of the molecule is Cc1cccc(-c2cccc(-c3cccc(-c4ccccc4C(F)(F)F)c3)c2)c1. The van der Waals surface area contributed by atoms with Crippen LogP contribution in [0.4, 0.5) is 13.2 Å². The lowest BCUT2D eigenvalue weighted by atomic mass is 9.94. The summed E-state index contributed by atoms with van der Waals surface area (Å²) in [5.74, 6) is 0. The summed E-state index contributed by atoms with van der Waals surface area (Å²) in [6.45, 7) is 2.05. The molecule has 0 fully saturated rings. The van der Waals surface area contributed by atoms with Crippen LogP contribution in [0.25, 0.3) is 33.4 Å². The van der Waals surface area contributed by atoms with Crippen LogP contribution in [0.1, 0.15) is 11.1 Å². The van der Waals surface area contributed by atoms with Crippen LogP contribution in [-0.4, -0.2) is 0 Å². The van der Waals surface area contributed by atoms with Gasteiger partial charge in [-0.3, -0.25) is 0 Å². The maximum atomic E-state index is 13.4. The highest BCUT2D eigenvalue weighted by atomic mass is 19.4. The Morgan fingerprint density at radius 3 is 1.59 bits per heavy atom. The third kappa shape index (κ3) is 4.09. The average molecular weight is 388 g/mol. The minimum atomic E-state index is -4.39. The van der Waals surface area contributed by atoms with Gasteiger partial charge in [0.05, 0.1) is 5.56 Å². The molecule has 0 aliphatic rings. The first kappa shape index (κ1) is 19.0.